The minimum atomic E-state index is -3.49. The van der Waals surface area contributed by atoms with E-state index in [0.29, 0.717) is 61.9 Å². The molecule has 1 saturated carbocycles. The molecule has 1 saturated heterocycles. The van der Waals surface area contributed by atoms with Crippen molar-refractivity contribution >= 4 is 39.2 Å². The SMILES string of the molecule is C=C1CCCC(S(=O)(=O)Nc2ccc(-c3ccnc(Nc4ccc(C(=O)N5CCN(C(C)=O)CC5)cc4)n3)cc2)C1. The molecule has 41 heavy (non-hydrogen) atoms. The quantitative estimate of drug-likeness (QED) is 0.400. The van der Waals surface area contributed by atoms with Crippen LogP contribution in [0.25, 0.3) is 11.3 Å². The van der Waals surface area contributed by atoms with Crippen molar-refractivity contribution in [3.63, 3.8) is 0 Å². The van der Waals surface area contributed by atoms with Crippen LogP contribution in [-0.2, 0) is 14.8 Å². The van der Waals surface area contributed by atoms with Crippen LogP contribution >= 0.6 is 0 Å². The van der Waals surface area contributed by atoms with Gasteiger partial charge in [0.15, 0.2) is 0 Å². The molecule has 5 rings (SSSR count). The second-order valence-corrected chi connectivity index (χ2v) is 12.4. The average Bonchev–Trinajstić information content (AvgIpc) is 2.97. The molecule has 3 aromatic rings. The summed E-state index contributed by atoms with van der Waals surface area (Å²) in [6.07, 6.45) is 4.53. The van der Waals surface area contributed by atoms with Crippen LogP contribution in [0.3, 0.4) is 0 Å². The topological polar surface area (TPSA) is 125 Å². The molecule has 0 radical (unpaired) electrons. The number of aromatic nitrogens is 2. The molecular formula is C30H34N6O4S. The smallest absolute Gasteiger partial charge is 0.253 e. The molecule has 10 nitrogen and oxygen atoms in total. The highest BCUT2D eigenvalue weighted by atomic mass is 32.2. The number of nitrogens with zero attached hydrogens (tertiary/aromatic N) is 4. The number of hydrogen-bond acceptors (Lipinski definition) is 7. The van der Waals surface area contributed by atoms with Crippen LogP contribution in [0, 0.1) is 0 Å². The zero-order valence-electron chi connectivity index (χ0n) is 23.0. The predicted molar refractivity (Wildman–Crippen MR) is 159 cm³/mol. The van der Waals surface area contributed by atoms with Gasteiger partial charge < -0.3 is 15.1 Å². The van der Waals surface area contributed by atoms with Crippen LogP contribution in [0.4, 0.5) is 17.3 Å². The number of carbonyl (C=O) groups excluding carboxylic acids is 2. The summed E-state index contributed by atoms with van der Waals surface area (Å²) < 4.78 is 28.4. The molecule has 1 atom stereocenters. The summed E-state index contributed by atoms with van der Waals surface area (Å²) in [5.74, 6) is 0.359. The Morgan fingerprint density at radius 1 is 0.927 bits per heavy atom. The minimum Gasteiger partial charge on any atom is -0.339 e. The van der Waals surface area contributed by atoms with Gasteiger partial charge in [-0.3, -0.25) is 14.3 Å². The summed E-state index contributed by atoms with van der Waals surface area (Å²) in [5, 5.41) is 2.72. The van der Waals surface area contributed by atoms with Crippen molar-refractivity contribution in [1.29, 1.82) is 0 Å². The Bertz CT molecular complexity index is 1530. The average molecular weight is 575 g/mol. The van der Waals surface area contributed by atoms with E-state index in [1.807, 2.05) is 12.1 Å². The number of benzene rings is 2. The van der Waals surface area contributed by atoms with Gasteiger partial charge in [-0.25, -0.2) is 18.4 Å². The Morgan fingerprint density at radius 2 is 1.59 bits per heavy atom. The number of amides is 2. The van der Waals surface area contributed by atoms with Gasteiger partial charge in [-0.05, 0) is 68.1 Å². The fourth-order valence-corrected chi connectivity index (χ4v) is 6.70. The lowest BCUT2D eigenvalue weighted by Gasteiger charge is -2.34. The first-order valence-corrected chi connectivity index (χ1v) is 15.3. The van der Waals surface area contributed by atoms with Gasteiger partial charge in [0.2, 0.25) is 21.9 Å². The Morgan fingerprint density at radius 3 is 2.24 bits per heavy atom. The summed E-state index contributed by atoms with van der Waals surface area (Å²) >= 11 is 0. The van der Waals surface area contributed by atoms with E-state index in [1.54, 1.807) is 65.4 Å². The first-order valence-electron chi connectivity index (χ1n) is 13.7. The normalized spacial score (nSPS) is 17.7. The molecule has 2 aromatic carbocycles. The molecule has 11 heteroatoms. The lowest BCUT2D eigenvalue weighted by molar-refractivity contribution is -0.130. The highest BCUT2D eigenvalue weighted by Gasteiger charge is 2.28. The van der Waals surface area contributed by atoms with Crippen LogP contribution in [0.2, 0.25) is 0 Å². The fraction of sp³-hybridized carbons (Fsp3) is 0.333. The van der Waals surface area contributed by atoms with Gasteiger partial charge in [-0.1, -0.05) is 24.3 Å². The first kappa shape index (κ1) is 28.3. The van der Waals surface area contributed by atoms with Crippen LogP contribution in [-0.4, -0.2) is 71.4 Å². The zero-order chi connectivity index (χ0) is 29.0. The Hall–Kier alpha value is -4.25. The monoisotopic (exact) mass is 574 g/mol. The number of anilines is 3. The largest absolute Gasteiger partial charge is 0.339 e. The van der Waals surface area contributed by atoms with E-state index < -0.39 is 15.3 Å². The van der Waals surface area contributed by atoms with Crippen molar-refractivity contribution < 1.29 is 18.0 Å². The molecule has 1 aliphatic carbocycles. The second kappa shape index (κ2) is 12.1. The fourth-order valence-electron chi connectivity index (χ4n) is 5.14. The van der Waals surface area contributed by atoms with Crippen LogP contribution in [0.15, 0.2) is 72.9 Å². The Kier molecular flexibility index (Phi) is 8.34. The summed E-state index contributed by atoms with van der Waals surface area (Å²) in [7, 11) is -3.49. The van der Waals surface area contributed by atoms with E-state index in [2.05, 4.69) is 26.6 Å². The Labute approximate surface area is 240 Å². The lowest BCUT2D eigenvalue weighted by Crippen LogP contribution is -2.50. The molecule has 0 spiro atoms. The highest BCUT2D eigenvalue weighted by Crippen LogP contribution is 2.29. The van der Waals surface area contributed by atoms with Crippen molar-refractivity contribution in [3.05, 3.63) is 78.5 Å². The van der Waals surface area contributed by atoms with Gasteiger partial charge in [0.1, 0.15) is 0 Å². The number of carbonyl (C=O) groups is 2. The highest BCUT2D eigenvalue weighted by molar-refractivity contribution is 7.93. The molecule has 214 valence electrons. The lowest BCUT2D eigenvalue weighted by atomic mass is 9.96. The van der Waals surface area contributed by atoms with Gasteiger partial charge in [-0.15, -0.1) is 0 Å². The maximum absolute atomic E-state index is 12.9. The molecule has 1 aliphatic heterocycles. The first-order chi connectivity index (χ1) is 19.7. The number of sulfonamides is 1. The number of piperazine rings is 1. The minimum absolute atomic E-state index is 0.0281. The molecule has 2 N–H and O–H groups in total. The summed E-state index contributed by atoms with van der Waals surface area (Å²) in [4.78, 5) is 36.8. The summed E-state index contributed by atoms with van der Waals surface area (Å²) in [6, 6.07) is 16.0. The van der Waals surface area contributed by atoms with E-state index in [1.165, 1.54) is 0 Å². The van der Waals surface area contributed by atoms with E-state index in [9.17, 15) is 18.0 Å². The second-order valence-electron chi connectivity index (χ2n) is 10.5. The number of hydrogen-bond donors (Lipinski definition) is 2. The third-order valence-corrected chi connectivity index (χ3v) is 9.31. The molecule has 2 fully saturated rings. The standard InChI is InChI=1S/C30H34N6O4S/c1-21-4-3-5-27(20-21)41(39,40)34-26-12-6-23(7-13-26)28-14-15-31-30(33-28)32-25-10-8-24(9-11-25)29(38)36-18-16-35(17-19-36)22(2)37/h6-15,27,34H,1,3-5,16-20H2,2H3,(H,31,32,33). The Balaban J connectivity index is 1.20. The van der Waals surface area contributed by atoms with Gasteiger partial charge in [0.25, 0.3) is 5.91 Å². The number of nitrogens with one attached hydrogen (secondary N) is 2. The molecule has 2 aliphatic rings. The maximum Gasteiger partial charge on any atom is 0.253 e. The molecule has 0 bridgehead atoms. The maximum atomic E-state index is 12.9. The van der Waals surface area contributed by atoms with Crippen LogP contribution < -0.4 is 10.0 Å². The zero-order valence-corrected chi connectivity index (χ0v) is 23.9. The van der Waals surface area contributed by atoms with Crippen molar-refractivity contribution in [2.75, 3.05) is 36.2 Å². The molecule has 1 unspecified atom stereocenters. The molecule has 2 heterocycles. The van der Waals surface area contributed by atoms with Crippen LogP contribution in [0.1, 0.15) is 43.0 Å². The predicted octanol–water partition coefficient (Wildman–Crippen LogP) is 4.43. The van der Waals surface area contributed by atoms with Crippen LogP contribution in [0.5, 0.6) is 0 Å². The van der Waals surface area contributed by atoms with Crippen molar-refractivity contribution in [3.8, 4) is 11.3 Å². The van der Waals surface area contributed by atoms with Gasteiger partial charge in [0, 0.05) is 61.8 Å². The summed E-state index contributed by atoms with van der Waals surface area (Å²) in [5.41, 5.74) is 4.29. The van der Waals surface area contributed by atoms with E-state index >= 15 is 0 Å². The molecule has 1 aromatic heterocycles. The van der Waals surface area contributed by atoms with E-state index in [4.69, 9.17) is 0 Å². The van der Waals surface area contributed by atoms with Gasteiger partial charge in [-0.2, -0.15) is 0 Å². The van der Waals surface area contributed by atoms with Gasteiger partial charge >= 0.3 is 0 Å². The van der Waals surface area contributed by atoms with E-state index in [-0.39, 0.29) is 11.8 Å². The number of allylic oxidation sites excluding steroid dienone is 1. The molecule has 2 amide bonds. The number of rotatable bonds is 7. The van der Waals surface area contributed by atoms with Crippen molar-refractivity contribution in [2.24, 2.45) is 0 Å². The van der Waals surface area contributed by atoms with E-state index in [0.717, 1.165) is 29.7 Å². The van der Waals surface area contributed by atoms with Crippen molar-refractivity contribution in [2.45, 2.75) is 37.9 Å². The third kappa shape index (κ3) is 6.91. The van der Waals surface area contributed by atoms with Gasteiger partial charge in [0.05, 0.1) is 10.9 Å². The third-order valence-electron chi connectivity index (χ3n) is 7.51. The van der Waals surface area contributed by atoms with Crippen molar-refractivity contribution in [1.82, 2.24) is 19.8 Å². The summed E-state index contributed by atoms with van der Waals surface area (Å²) in [6.45, 7) is 7.63. The molecular weight excluding hydrogens is 540 g/mol.